The van der Waals surface area contributed by atoms with E-state index in [0.29, 0.717) is 6.42 Å². The molecule has 13 heavy (non-hydrogen) atoms. The Bertz CT molecular complexity index is 371. The van der Waals surface area contributed by atoms with Gasteiger partial charge in [0.05, 0.1) is 10.7 Å². The van der Waals surface area contributed by atoms with Crippen LogP contribution < -0.4 is 4.74 Å². The summed E-state index contributed by atoms with van der Waals surface area (Å²) in [5.74, 6) is 1.13. The van der Waals surface area contributed by atoms with Crippen molar-refractivity contribution in [3.8, 4) is 5.75 Å². The minimum Gasteiger partial charge on any atom is -0.496 e. The van der Waals surface area contributed by atoms with Crippen LogP contribution in [0, 0.1) is 3.57 Å². The Kier molecular flexibility index (Phi) is 2.27. The molecule has 68 valence electrons. The van der Waals surface area contributed by atoms with E-state index in [1.807, 2.05) is 12.1 Å². The van der Waals surface area contributed by atoms with Crippen molar-refractivity contribution in [2.45, 2.75) is 12.8 Å². The molecular formula is C10H9IO2. The molecular weight excluding hydrogens is 279 g/mol. The Hall–Kier alpha value is -0.580. The minimum atomic E-state index is 0.260. The highest BCUT2D eigenvalue weighted by Crippen LogP contribution is 2.32. The smallest absolute Gasteiger partial charge is 0.163 e. The van der Waals surface area contributed by atoms with Gasteiger partial charge in [-0.2, -0.15) is 0 Å². The summed E-state index contributed by atoms with van der Waals surface area (Å²) in [5, 5.41) is 0. The van der Waals surface area contributed by atoms with E-state index in [9.17, 15) is 4.79 Å². The van der Waals surface area contributed by atoms with Crippen LogP contribution in [0.5, 0.6) is 5.75 Å². The van der Waals surface area contributed by atoms with Crippen molar-refractivity contribution in [1.82, 2.24) is 0 Å². The maximum atomic E-state index is 11.4. The van der Waals surface area contributed by atoms with E-state index in [2.05, 4.69) is 22.6 Å². The van der Waals surface area contributed by atoms with Gasteiger partial charge in [0.2, 0.25) is 0 Å². The number of fused-ring (bicyclic) bond motifs is 1. The van der Waals surface area contributed by atoms with E-state index in [0.717, 1.165) is 26.9 Å². The van der Waals surface area contributed by atoms with E-state index in [1.54, 1.807) is 7.11 Å². The molecule has 2 nitrogen and oxygen atoms in total. The predicted molar refractivity (Wildman–Crippen MR) is 58.4 cm³/mol. The molecule has 0 bridgehead atoms. The van der Waals surface area contributed by atoms with E-state index < -0.39 is 0 Å². The summed E-state index contributed by atoms with van der Waals surface area (Å²) in [4.78, 5) is 11.4. The highest BCUT2D eigenvalue weighted by Gasteiger charge is 2.22. The zero-order chi connectivity index (χ0) is 9.42. The van der Waals surface area contributed by atoms with Crippen LogP contribution in [0.3, 0.4) is 0 Å². The van der Waals surface area contributed by atoms with Crippen LogP contribution >= 0.6 is 22.6 Å². The second kappa shape index (κ2) is 3.29. The number of ketones is 1. The third-order valence-electron chi connectivity index (χ3n) is 2.33. The lowest BCUT2D eigenvalue weighted by molar-refractivity contribution is 0.0994. The van der Waals surface area contributed by atoms with Gasteiger partial charge in [-0.25, -0.2) is 0 Å². The molecule has 0 N–H and O–H groups in total. The van der Waals surface area contributed by atoms with Gasteiger partial charge in [-0.05, 0) is 46.7 Å². The molecule has 0 saturated carbocycles. The molecule has 0 fully saturated rings. The topological polar surface area (TPSA) is 26.3 Å². The lowest BCUT2D eigenvalue weighted by atomic mass is 10.1. The number of ether oxygens (including phenoxy) is 1. The van der Waals surface area contributed by atoms with Crippen LogP contribution in [-0.2, 0) is 6.42 Å². The van der Waals surface area contributed by atoms with Gasteiger partial charge in [0.1, 0.15) is 5.75 Å². The maximum absolute atomic E-state index is 11.4. The molecule has 2 rings (SSSR count). The van der Waals surface area contributed by atoms with Crippen molar-refractivity contribution >= 4 is 28.4 Å². The first kappa shape index (κ1) is 8.99. The number of halogens is 1. The quantitative estimate of drug-likeness (QED) is 0.742. The Morgan fingerprint density at radius 2 is 2.15 bits per heavy atom. The van der Waals surface area contributed by atoms with Crippen LogP contribution in [0.4, 0.5) is 0 Å². The van der Waals surface area contributed by atoms with Crippen molar-refractivity contribution in [1.29, 1.82) is 0 Å². The van der Waals surface area contributed by atoms with Crippen LogP contribution in [0.15, 0.2) is 12.1 Å². The second-order valence-corrected chi connectivity index (χ2v) is 4.11. The fraction of sp³-hybridized carbons (Fsp3) is 0.300. The number of hydrogen-bond acceptors (Lipinski definition) is 2. The van der Waals surface area contributed by atoms with Crippen molar-refractivity contribution in [3.05, 3.63) is 26.8 Å². The molecule has 1 aromatic rings. The number of methoxy groups -OCH3 is 1. The van der Waals surface area contributed by atoms with Gasteiger partial charge in [-0.3, -0.25) is 4.79 Å². The first-order valence-corrected chi connectivity index (χ1v) is 5.20. The van der Waals surface area contributed by atoms with Gasteiger partial charge in [-0.1, -0.05) is 0 Å². The molecule has 0 atom stereocenters. The predicted octanol–water partition coefficient (Wildman–Crippen LogP) is 2.43. The second-order valence-electron chi connectivity index (χ2n) is 3.03. The molecule has 1 aromatic carbocycles. The molecule has 0 heterocycles. The number of carbonyl (C=O) groups excluding carboxylic acids is 1. The number of carbonyl (C=O) groups is 1. The van der Waals surface area contributed by atoms with Gasteiger partial charge in [0.15, 0.2) is 5.78 Å². The third kappa shape index (κ3) is 1.35. The van der Waals surface area contributed by atoms with Gasteiger partial charge < -0.3 is 4.74 Å². The summed E-state index contributed by atoms with van der Waals surface area (Å²) < 4.78 is 6.27. The van der Waals surface area contributed by atoms with Crippen LogP contribution in [-0.4, -0.2) is 12.9 Å². The molecule has 0 saturated heterocycles. The summed E-state index contributed by atoms with van der Waals surface area (Å²) in [6, 6.07) is 3.73. The van der Waals surface area contributed by atoms with Crippen molar-refractivity contribution in [2.75, 3.05) is 7.11 Å². The number of Topliss-reactive ketones (excluding diaryl/α,β-unsaturated/α-hetero) is 1. The van der Waals surface area contributed by atoms with E-state index in [1.165, 1.54) is 0 Å². The van der Waals surface area contributed by atoms with E-state index in [-0.39, 0.29) is 5.78 Å². The average Bonchev–Trinajstić information content (AvgIpc) is 2.50. The molecule has 0 amide bonds. The van der Waals surface area contributed by atoms with Crippen molar-refractivity contribution < 1.29 is 9.53 Å². The Balaban J connectivity index is 2.60. The van der Waals surface area contributed by atoms with Gasteiger partial charge in [0.25, 0.3) is 0 Å². The maximum Gasteiger partial charge on any atom is 0.163 e. The highest BCUT2D eigenvalue weighted by atomic mass is 127. The Labute approximate surface area is 90.4 Å². The molecule has 0 unspecified atom stereocenters. The van der Waals surface area contributed by atoms with E-state index in [4.69, 9.17) is 4.74 Å². The largest absolute Gasteiger partial charge is 0.496 e. The molecule has 0 spiro atoms. The van der Waals surface area contributed by atoms with Crippen LogP contribution in [0.1, 0.15) is 22.3 Å². The zero-order valence-electron chi connectivity index (χ0n) is 7.26. The average molecular weight is 288 g/mol. The molecule has 1 aliphatic rings. The molecule has 0 aliphatic heterocycles. The van der Waals surface area contributed by atoms with Gasteiger partial charge >= 0.3 is 0 Å². The summed E-state index contributed by atoms with van der Waals surface area (Å²) in [7, 11) is 1.65. The number of hydrogen-bond donors (Lipinski definition) is 0. The summed E-state index contributed by atoms with van der Waals surface area (Å²) in [6.07, 6.45) is 1.52. The lowest BCUT2D eigenvalue weighted by Gasteiger charge is -2.06. The third-order valence-corrected chi connectivity index (χ3v) is 3.51. The van der Waals surface area contributed by atoms with Crippen molar-refractivity contribution in [3.63, 3.8) is 0 Å². The normalized spacial score (nSPS) is 14.5. The van der Waals surface area contributed by atoms with Crippen LogP contribution in [0.25, 0.3) is 0 Å². The van der Waals surface area contributed by atoms with Gasteiger partial charge in [-0.15, -0.1) is 0 Å². The first-order chi connectivity index (χ1) is 6.24. The lowest BCUT2D eigenvalue weighted by Crippen LogP contribution is -1.95. The first-order valence-electron chi connectivity index (χ1n) is 4.12. The summed E-state index contributed by atoms with van der Waals surface area (Å²) in [5.41, 5.74) is 2.04. The molecule has 0 aromatic heterocycles. The molecule has 3 heteroatoms. The number of rotatable bonds is 1. The Morgan fingerprint density at radius 3 is 2.85 bits per heavy atom. The SMILES string of the molecule is COc1ccc2c(c1I)CCC2=O. The fourth-order valence-corrected chi connectivity index (χ4v) is 2.60. The fourth-order valence-electron chi connectivity index (χ4n) is 1.64. The number of benzene rings is 1. The van der Waals surface area contributed by atoms with Crippen LogP contribution in [0.2, 0.25) is 0 Å². The Morgan fingerprint density at radius 1 is 1.38 bits per heavy atom. The van der Waals surface area contributed by atoms with E-state index >= 15 is 0 Å². The van der Waals surface area contributed by atoms with Gasteiger partial charge in [0, 0.05) is 12.0 Å². The zero-order valence-corrected chi connectivity index (χ0v) is 9.42. The monoisotopic (exact) mass is 288 g/mol. The summed E-state index contributed by atoms with van der Waals surface area (Å²) >= 11 is 2.24. The summed E-state index contributed by atoms with van der Waals surface area (Å²) in [6.45, 7) is 0. The minimum absolute atomic E-state index is 0.260. The standard InChI is InChI=1S/C10H9IO2/c1-13-9-5-3-6-7(10(9)11)2-4-8(6)12/h3,5H,2,4H2,1H3. The molecule has 0 radical (unpaired) electrons. The van der Waals surface area contributed by atoms with Crippen molar-refractivity contribution in [2.24, 2.45) is 0 Å². The highest BCUT2D eigenvalue weighted by molar-refractivity contribution is 14.1. The molecule has 1 aliphatic carbocycles.